The van der Waals surface area contributed by atoms with Crippen LogP contribution in [0.25, 0.3) is 0 Å². The minimum absolute atomic E-state index is 0.0732. The van der Waals surface area contributed by atoms with E-state index in [1.807, 2.05) is 7.05 Å². The minimum atomic E-state index is -0.0732. The zero-order valence-electron chi connectivity index (χ0n) is 16.0. The lowest BCUT2D eigenvalue weighted by atomic mass is 10.1. The molecule has 0 spiro atoms. The Labute approximate surface area is 155 Å². The lowest BCUT2D eigenvalue weighted by Gasteiger charge is -2.19. The minimum Gasteiger partial charge on any atom is -0.348 e. The molecule has 0 bridgehead atoms. The summed E-state index contributed by atoms with van der Waals surface area (Å²) in [6.45, 7) is 7.34. The number of rotatable bonds is 6. The molecule has 3 heterocycles. The first-order chi connectivity index (χ1) is 12.5. The van der Waals surface area contributed by atoms with E-state index in [0.29, 0.717) is 11.6 Å². The number of aromatic nitrogens is 4. The average molecular weight is 358 g/mol. The summed E-state index contributed by atoms with van der Waals surface area (Å²) in [6.07, 6.45) is 5.86. The number of carbonyl (C=O) groups is 1. The summed E-state index contributed by atoms with van der Waals surface area (Å²) >= 11 is 0. The number of nitrogens with one attached hydrogen (secondary N) is 2. The number of amides is 1. The summed E-state index contributed by atoms with van der Waals surface area (Å²) in [4.78, 5) is 14.7. The smallest absolute Gasteiger partial charge is 0.271 e. The third-order valence-electron chi connectivity index (χ3n) is 4.80. The van der Waals surface area contributed by atoms with Crippen LogP contribution in [-0.4, -0.2) is 49.9 Å². The second kappa shape index (κ2) is 8.49. The molecule has 7 nitrogen and oxygen atoms in total. The topological polar surface area (TPSA) is 78.8 Å². The maximum absolute atomic E-state index is 12.3. The molecule has 0 aromatic carbocycles. The summed E-state index contributed by atoms with van der Waals surface area (Å²) in [5.41, 5.74) is 2.81. The molecule has 0 aliphatic carbocycles. The fourth-order valence-corrected chi connectivity index (χ4v) is 3.51. The van der Waals surface area contributed by atoms with E-state index in [9.17, 15) is 4.79 Å². The van der Waals surface area contributed by atoms with Gasteiger partial charge in [-0.3, -0.25) is 19.5 Å². The van der Waals surface area contributed by atoms with E-state index in [0.717, 1.165) is 51.0 Å². The first kappa shape index (κ1) is 18.6. The number of aryl methyl sites for hydroxylation is 1. The lowest BCUT2D eigenvalue weighted by molar-refractivity contribution is 0.0927. The van der Waals surface area contributed by atoms with Crippen molar-refractivity contribution < 1.29 is 4.79 Å². The van der Waals surface area contributed by atoms with Crippen LogP contribution < -0.4 is 5.32 Å². The molecule has 0 saturated carbocycles. The Morgan fingerprint density at radius 1 is 1.38 bits per heavy atom. The maximum Gasteiger partial charge on any atom is 0.271 e. The first-order valence-electron chi connectivity index (χ1n) is 9.55. The largest absolute Gasteiger partial charge is 0.348 e. The Hall–Kier alpha value is -2.15. The fourth-order valence-electron chi connectivity index (χ4n) is 3.51. The number of likely N-dealkylation sites (tertiary alicyclic amines) is 1. The monoisotopic (exact) mass is 358 g/mol. The highest BCUT2D eigenvalue weighted by atomic mass is 16.2. The zero-order chi connectivity index (χ0) is 18.5. The molecule has 0 radical (unpaired) electrons. The predicted molar refractivity (Wildman–Crippen MR) is 101 cm³/mol. The Kier molecular flexibility index (Phi) is 6.08. The van der Waals surface area contributed by atoms with Crippen molar-refractivity contribution in [1.29, 1.82) is 0 Å². The van der Waals surface area contributed by atoms with Crippen LogP contribution in [-0.2, 0) is 20.0 Å². The van der Waals surface area contributed by atoms with Gasteiger partial charge < -0.3 is 5.32 Å². The van der Waals surface area contributed by atoms with E-state index in [-0.39, 0.29) is 11.9 Å². The molecule has 1 saturated heterocycles. The van der Waals surface area contributed by atoms with Crippen LogP contribution in [0.3, 0.4) is 0 Å². The molecule has 1 aliphatic heterocycles. The first-order valence-corrected chi connectivity index (χ1v) is 9.55. The molecular formula is C19H30N6O. The van der Waals surface area contributed by atoms with Gasteiger partial charge in [0.25, 0.3) is 5.91 Å². The molecule has 2 aromatic heterocycles. The van der Waals surface area contributed by atoms with Crippen molar-refractivity contribution in [3.05, 3.63) is 35.4 Å². The molecule has 1 aliphatic rings. The molecule has 26 heavy (non-hydrogen) atoms. The van der Waals surface area contributed by atoms with Gasteiger partial charge in [0.1, 0.15) is 5.69 Å². The Bertz CT molecular complexity index is 719. The Morgan fingerprint density at radius 2 is 2.23 bits per heavy atom. The summed E-state index contributed by atoms with van der Waals surface area (Å²) in [5.74, 6) is 0.545. The number of carbonyl (C=O) groups excluding carboxylic acids is 1. The molecule has 1 atom stereocenters. The van der Waals surface area contributed by atoms with Crippen LogP contribution in [0.15, 0.2) is 18.3 Å². The van der Waals surface area contributed by atoms with Crippen LogP contribution in [0.1, 0.15) is 55.0 Å². The van der Waals surface area contributed by atoms with E-state index in [2.05, 4.69) is 45.4 Å². The third-order valence-corrected chi connectivity index (χ3v) is 4.80. The molecule has 7 heteroatoms. The summed E-state index contributed by atoms with van der Waals surface area (Å²) < 4.78 is 1.65. The molecule has 1 unspecified atom stereocenters. The zero-order valence-corrected chi connectivity index (χ0v) is 16.0. The molecule has 1 fully saturated rings. The van der Waals surface area contributed by atoms with Crippen LogP contribution in [0, 0.1) is 5.92 Å². The van der Waals surface area contributed by atoms with Crippen LogP contribution >= 0.6 is 0 Å². The number of hydrogen-bond acceptors (Lipinski definition) is 4. The summed E-state index contributed by atoms with van der Waals surface area (Å²) in [7, 11) is 1.82. The van der Waals surface area contributed by atoms with Gasteiger partial charge in [0.2, 0.25) is 0 Å². The van der Waals surface area contributed by atoms with Crippen molar-refractivity contribution in [2.45, 2.75) is 52.1 Å². The fraction of sp³-hybridized carbons (Fsp3) is 0.632. The van der Waals surface area contributed by atoms with Gasteiger partial charge in [-0.25, -0.2) is 0 Å². The van der Waals surface area contributed by atoms with Crippen molar-refractivity contribution in [3.63, 3.8) is 0 Å². The molecule has 1 amide bonds. The van der Waals surface area contributed by atoms with Crippen LogP contribution in [0.4, 0.5) is 0 Å². The number of aromatic amines is 1. The second-order valence-corrected chi connectivity index (χ2v) is 7.73. The standard InChI is InChI=1S/C19H30N6O/c1-14(2)11-16-12-17(22-21-16)13-25-8-4-5-15(6-10-25)20-19(26)18-7-9-24(3)23-18/h7,9,12,14-15H,4-6,8,10-11,13H2,1-3H3,(H,20,26)(H,21,22). The molecule has 3 rings (SSSR count). The van der Waals surface area contributed by atoms with Gasteiger partial charge in [-0.15, -0.1) is 0 Å². The Balaban J connectivity index is 1.48. The van der Waals surface area contributed by atoms with Crippen molar-refractivity contribution in [3.8, 4) is 0 Å². The van der Waals surface area contributed by atoms with Crippen molar-refractivity contribution in [2.24, 2.45) is 13.0 Å². The van der Waals surface area contributed by atoms with E-state index < -0.39 is 0 Å². The quantitative estimate of drug-likeness (QED) is 0.829. The SMILES string of the molecule is CC(C)Cc1cc(CN2CCCC(NC(=O)c3ccn(C)n3)CC2)[nH]n1. The number of nitrogens with zero attached hydrogens (tertiary/aromatic N) is 4. The molecule has 2 aromatic rings. The van der Waals surface area contributed by atoms with Gasteiger partial charge in [-0.2, -0.15) is 10.2 Å². The molecule has 2 N–H and O–H groups in total. The highest BCUT2D eigenvalue weighted by molar-refractivity contribution is 5.92. The van der Waals surface area contributed by atoms with E-state index in [1.165, 1.54) is 5.69 Å². The van der Waals surface area contributed by atoms with Gasteiger partial charge in [-0.05, 0) is 50.3 Å². The van der Waals surface area contributed by atoms with E-state index >= 15 is 0 Å². The van der Waals surface area contributed by atoms with Crippen molar-refractivity contribution in [1.82, 2.24) is 30.2 Å². The van der Waals surface area contributed by atoms with Gasteiger partial charge in [0.05, 0.1) is 5.69 Å². The third kappa shape index (κ3) is 5.17. The normalized spacial score (nSPS) is 18.8. The van der Waals surface area contributed by atoms with Crippen molar-refractivity contribution >= 4 is 5.91 Å². The lowest BCUT2D eigenvalue weighted by Crippen LogP contribution is -2.36. The number of hydrogen-bond donors (Lipinski definition) is 2. The van der Waals surface area contributed by atoms with E-state index in [1.54, 1.807) is 16.9 Å². The van der Waals surface area contributed by atoms with Crippen molar-refractivity contribution in [2.75, 3.05) is 13.1 Å². The average Bonchev–Trinajstić information content (AvgIpc) is 3.14. The summed E-state index contributed by atoms with van der Waals surface area (Å²) in [6, 6.07) is 4.16. The van der Waals surface area contributed by atoms with Gasteiger partial charge in [-0.1, -0.05) is 13.8 Å². The molecular weight excluding hydrogens is 328 g/mol. The van der Waals surface area contributed by atoms with Gasteiger partial charge in [0, 0.05) is 38.1 Å². The van der Waals surface area contributed by atoms with Gasteiger partial charge in [0.15, 0.2) is 0 Å². The predicted octanol–water partition coefficient (Wildman–Crippen LogP) is 2.13. The summed E-state index contributed by atoms with van der Waals surface area (Å²) in [5, 5.41) is 14.9. The second-order valence-electron chi connectivity index (χ2n) is 7.73. The highest BCUT2D eigenvalue weighted by Gasteiger charge is 2.20. The van der Waals surface area contributed by atoms with E-state index in [4.69, 9.17) is 0 Å². The maximum atomic E-state index is 12.3. The van der Waals surface area contributed by atoms with Crippen LogP contribution in [0.5, 0.6) is 0 Å². The molecule has 142 valence electrons. The Morgan fingerprint density at radius 3 is 2.96 bits per heavy atom. The number of H-pyrrole nitrogens is 1. The van der Waals surface area contributed by atoms with Gasteiger partial charge >= 0.3 is 0 Å². The van der Waals surface area contributed by atoms with Crippen LogP contribution in [0.2, 0.25) is 0 Å². The highest BCUT2D eigenvalue weighted by Crippen LogP contribution is 2.15.